The van der Waals surface area contributed by atoms with Crippen LogP contribution in [0.1, 0.15) is 36.7 Å². The lowest BCUT2D eigenvalue weighted by atomic mass is 9.78. The molecule has 1 unspecified atom stereocenters. The van der Waals surface area contributed by atoms with Crippen LogP contribution in [0.15, 0.2) is 18.2 Å². The number of hydrogen-bond acceptors (Lipinski definition) is 1. The van der Waals surface area contributed by atoms with Crippen molar-refractivity contribution >= 4 is 5.78 Å². The lowest BCUT2D eigenvalue weighted by Gasteiger charge is -2.24. The van der Waals surface area contributed by atoms with Crippen LogP contribution in [0.4, 0.5) is 4.39 Å². The Kier molecular flexibility index (Phi) is 2.18. The van der Waals surface area contributed by atoms with Gasteiger partial charge in [-0.3, -0.25) is 4.79 Å². The maximum atomic E-state index is 13.0. The molecule has 15 heavy (non-hydrogen) atoms. The van der Waals surface area contributed by atoms with Crippen molar-refractivity contribution < 1.29 is 9.18 Å². The molecule has 0 fully saturated rings. The average molecular weight is 206 g/mol. The van der Waals surface area contributed by atoms with Gasteiger partial charge in [0.1, 0.15) is 5.82 Å². The Morgan fingerprint density at radius 2 is 2.00 bits per heavy atom. The SMILES string of the molecule is CC(C)(C)C1Cc2ccc(F)cc2C1=O. The Bertz CT molecular complexity index is 415. The molecule has 2 heteroatoms. The summed E-state index contributed by atoms with van der Waals surface area (Å²) in [5.41, 5.74) is 1.52. The topological polar surface area (TPSA) is 17.1 Å². The van der Waals surface area contributed by atoms with Crippen molar-refractivity contribution in [3.05, 3.63) is 35.1 Å². The number of carbonyl (C=O) groups is 1. The van der Waals surface area contributed by atoms with Crippen LogP contribution in [0.3, 0.4) is 0 Å². The van der Waals surface area contributed by atoms with E-state index in [2.05, 4.69) is 20.8 Å². The summed E-state index contributed by atoms with van der Waals surface area (Å²) in [5.74, 6) is -0.233. The van der Waals surface area contributed by atoms with Crippen LogP contribution in [0.5, 0.6) is 0 Å². The normalized spacial score (nSPS) is 20.5. The lowest BCUT2D eigenvalue weighted by molar-refractivity contribution is 0.0843. The average Bonchev–Trinajstić information content (AvgIpc) is 2.43. The van der Waals surface area contributed by atoms with E-state index in [9.17, 15) is 9.18 Å². The first-order chi connectivity index (χ1) is 6.89. The summed E-state index contributed by atoms with van der Waals surface area (Å²) in [6.45, 7) is 6.16. The van der Waals surface area contributed by atoms with E-state index in [0.717, 1.165) is 12.0 Å². The fourth-order valence-corrected chi connectivity index (χ4v) is 2.16. The first kappa shape index (κ1) is 10.3. The van der Waals surface area contributed by atoms with Crippen LogP contribution in [0, 0.1) is 17.2 Å². The largest absolute Gasteiger partial charge is 0.294 e. The second kappa shape index (κ2) is 3.16. The molecule has 80 valence electrons. The quantitative estimate of drug-likeness (QED) is 0.637. The zero-order valence-corrected chi connectivity index (χ0v) is 9.30. The third-order valence-corrected chi connectivity index (χ3v) is 3.12. The minimum absolute atomic E-state index is 0.00528. The highest BCUT2D eigenvalue weighted by Gasteiger charge is 2.38. The monoisotopic (exact) mass is 206 g/mol. The van der Waals surface area contributed by atoms with Gasteiger partial charge in [-0.15, -0.1) is 0 Å². The van der Waals surface area contributed by atoms with Crippen LogP contribution in [0.2, 0.25) is 0 Å². The van der Waals surface area contributed by atoms with Gasteiger partial charge in [-0.1, -0.05) is 26.8 Å². The maximum Gasteiger partial charge on any atom is 0.167 e. The molecule has 0 bridgehead atoms. The molecule has 0 heterocycles. The fraction of sp³-hybridized carbons (Fsp3) is 0.462. The van der Waals surface area contributed by atoms with Crippen LogP contribution in [-0.4, -0.2) is 5.78 Å². The van der Waals surface area contributed by atoms with E-state index < -0.39 is 0 Å². The van der Waals surface area contributed by atoms with Gasteiger partial charge in [0, 0.05) is 11.5 Å². The van der Waals surface area contributed by atoms with E-state index in [1.807, 2.05) is 0 Å². The van der Waals surface area contributed by atoms with Gasteiger partial charge in [0.05, 0.1) is 0 Å². The number of rotatable bonds is 0. The number of ketones is 1. The summed E-state index contributed by atoms with van der Waals surface area (Å²) < 4.78 is 13.0. The summed E-state index contributed by atoms with van der Waals surface area (Å²) in [4.78, 5) is 12.0. The molecule has 1 aromatic rings. The van der Waals surface area contributed by atoms with E-state index in [4.69, 9.17) is 0 Å². The smallest absolute Gasteiger partial charge is 0.167 e. The second-order valence-electron chi connectivity index (χ2n) is 5.29. The maximum absolute atomic E-state index is 13.0. The van der Waals surface area contributed by atoms with E-state index in [1.54, 1.807) is 6.07 Å². The van der Waals surface area contributed by atoms with E-state index in [-0.39, 0.29) is 22.9 Å². The van der Waals surface area contributed by atoms with Gasteiger partial charge in [-0.2, -0.15) is 0 Å². The van der Waals surface area contributed by atoms with Crippen LogP contribution in [0.25, 0.3) is 0 Å². The van der Waals surface area contributed by atoms with Gasteiger partial charge in [-0.25, -0.2) is 4.39 Å². The molecule has 0 spiro atoms. The molecule has 0 aliphatic heterocycles. The number of fused-ring (bicyclic) bond motifs is 1. The first-order valence-corrected chi connectivity index (χ1v) is 5.22. The van der Waals surface area contributed by atoms with Crippen molar-refractivity contribution in [3.8, 4) is 0 Å². The molecular weight excluding hydrogens is 191 g/mol. The van der Waals surface area contributed by atoms with Crippen LogP contribution < -0.4 is 0 Å². The number of benzene rings is 1. The van der Waals surface area contributed by atoms with Crippen LogP contribution in [-0.2, 0) is 6.42 Å². The van der Waals surface area contributed by atoms with Crippen molar-refractivity contribution in [1.82, 2.24) is 0 Å². The number of halogens is 1. The molecule has 1 atom stereocenters. The predicted molar refractivity (Wildman–Crippen MR) is 57.4 cm³/mol. The Morgan fingerprint density at radius 3 is 2.60 bits per heavy atom. The minimum Gasteiger partial charge on any atom is -0.294 e. The molecule has 1 nitrogen and oxygen atoms in total. The highest BCUT2D eigenvalue weighted by molar-refractivity contribution is 6.02. The summed E-state index contributed by atoms with van der Waals surface area (Å²) in [7, 11) is 0. The van der Waals surface area contributed by atoms with E-state index in [0.29, 0.717) is 5.56 Å². The van der Waals surface area contributed by atoms with Crippen molar-refractivity contribution in [2.24, 2.45) is 11.3 Å². The molecule has 0 N–H and O–H groups in total. The molecule has 2 rings (SSSR count). The van der Waals surface area contributed by atoms with Crippen molar-refractivity contribution in [2.75, 3.05) is 0 Å². The zero-order valence-electron chi connectivity index (χ0n) is 9.30. The molecule has 0 saturated heterocycles. The molecule has 1 aliphatic rings. The first-order valence-electron chi connectivity index (χ1n) is 5.22. The Balaban J connectivity index is 2.42. The summed E-state index contributed by atoms with van der Waals surface area (Å²) in [5, 5.41) is 0. The molecule has 0 aromatic heterocycles. The van der Waals surface area contributed by atoms with Gasteiger partial charge in [0.15, 0.2) is 5.78 Å². The van der Waals surface area contributed by atoms with Gasteiger partial charge < -0.3 is 0 Å². The summed E-state index contributed by atoms with van der Waals surface area (Å²) >= 11 is 0. The zero-order chi connectivity index (χ0) is 11.2. The molecule has 1 aromatic carbocycles. The number of carbonyl (C=O) groups excluding carboxylic acids is 1. The second-order valence-corrected chi connectivity index (χ2v) is 5.29. The highest BCUT2D eigenvalue weighted by atomic mass is 19.1. The molecule has 1 aliphatic carbocycles. The standard InChI is InChI=1S/C13H15FO/c1-13(2,3)11-6-8-4-5-9(14)7-10(8)12(11)15/h4-5,7,11H,6H2,1-3H3. The van der Waals surface area contributed by atoms with E-state index in [1.165, 1.54) is 12.1 Å². The van der Waals surface area contributed by atoms with Crippen LogP contribution >= 0.6 is 0 Å². The van der Waals surface area contributed by atoms with E-state index >= 15 is 0 Å². The molecule has 0 radical (unpaired) electrons. The van der Waals surface area contributed by atoms with Gasteiger partial charge in [0.25, 0.3) is 0 Å². The lowest BCUT2D eigenvalue weighted by Crippen LogP contribution is -2.25. The van der Waals surface area contributed by atoms with Gasteiger partial charge in [-0.05, 0) is 29.5 Å². The summed E-state index contributed by atoms with van der Waals surface area (Å²) in [6.07, 6.45) is 0.748. The molecule has 0 amide bonds. The fourth-order valence-electron chi connectivity index (χ4n) is 2.16. The Labute approximate surface area is 89.3 Å². The third kappa shape index (κ3) is 1.69. The van der Waals surface area contributed by atoms with Crippen molar-refractivity contribution in [3.63, 3.8) is 0 Å². The number of Topliss-reactive ketones (excluding diaryl/α,β-unsaturated/α-hetero) is 1. The Morgan fingerprint density at radius 1 is 1.33 bits per heavy atom. The highest BCUT2D eigenvalue weighted by Crippen LogP contribution is 2.38. The number of hydrogen-bond donors (Lipinski definition) is 0. The van der Waals surface area contributed by atoms with Crippen molar-refractivity contribution in [1.29, 1.82) is 0 Å². The van der Waals surface area contributed by atoms with Gasteiger partial charge in [0.2, 0.25) is 0 Å². The minimum atomic E-state index is -0.323. The molecule has 0 saturated carbocycles. The van der Waals surface area contributed by atoms with Crippen molar-refractivity contribution in [2.45, 2.75) is 27.2 Å². The third-order valence-electron chi connectivity index (χ3n) is 3.12. The van der Waals surface area contributed by atoms with Gasteiger partial charge >= 0.3 is 0 Å². The predicted octanol–water partition coefficient (Wildman–Crippen LogP) is 3.23. The summed E-state index contributed by atoms with van der Waals surface area (Å²) in [6, 6.07) is 4.52. The molecular formula is C13H15FO. The Hall–Kier alpha value is -1.18.